The SMILES string of the molecule is CCn1c(SCC(=O)N2CCCC[C@@H]2C)nc2sc3c(c2c1=O)CCC3. The topological polar surface area (TPSA) is 55.2 Å². The summed E-state index contributed by atoms with van der Waals surface area (Å²) in [5.74, 6) is 0.515. The molecule has 0 bridgehead atoms. The van der Waals surface area contributed by atoms with Gasteiger partial charge in [-0.2, -0.15) is 0 Å². The van der Waals surface area contributed by atoms with E-state index in [1.54, 1.807) is 15.9 Å². The highest BCUT2D eigenvalue weighted by molar-refractivity contribution is 7.99. The first-order chi connectivity index (χ1) is 12.6. The first kappa shape index (κ1) is 18.0. The van der Waals surface area contributed by atoms with Crippen molar-refractivity contribution in [2.45, 2.75) is 70.1 Å². The van der Waals surface area contributed by atoms with Crippen LogP contribution in [0.4, 0.5) is 0 Å². The van der Waals surface area contributed by atoms with Crippen molar-refractivity contribution in [3.63, 3.8) is 0 Å². The molecule has 26 heavy (non-hydrogen) atoms. The Morgan fingerprint density at radius 2 is 2.15 bits per heavy atom. The quantitative estimate of drug-likeness (QED) is 0.592. The van der Waals surface area contributed by atoms with Gasteiger partial charge in [-0.05, 0) is 57.9 Å². The van der Waals surface area contributed by atoms with Gasteiger partial charge in [0.2, 0.25) is 5.91 Å². The lowest BCUT2D eigenvalue weighted by atomic mass is 10.0. The van der Waals surface area contributed by atoms with Gasteiger partial charge in [-0.15, -0.1) is 11.3 Å². The predicted molar refractivity (Wildman–Crippen MR) is 107 cm³/mol. The van der Waals surface area contributed by atoms with Crippen LogP contribution in [0.1, 0.15) is 50.0 Å². The van der Waals surface area contributed by atoms with Crippen LogP contribution in [0.15, 0.2) is 9.95 Å². The lowest BCUT2D eigenvalue weighted by Gasteiger charge is -2.33. The van der Waals surface area contributed by atoms with Crippen LogP contribution in [0.5, 0.6) is 0 Å². The first-order valence-electron chi connectivity index (χ1n) is 9.57. The van der Waals surface area contributed by atoms with Gasteiger partial charge >= 0.3 is 0 Å². The zero-order valence-electron chi connectivity index (χ0n) is 15.4. The van der Waals surface area contributed by atoms with Crippen molar-refractivity contribution in [2.24, 2.45) is 0 Å². The minimum absolute atomic E-state index is 0.0678. The molecule has 7 heteroatoms. The van der Waals surface area contributed by atoms with Gasteiger partial charge in [-0.1, -0.05) is 11.8 Å². The fourth-order valence-corrected chi connectivity index (χ4v) is 6.38. The van der Waals surface area contributed by atoms with E-state index in [1.807, 2.05) is 11.8 Å². The first-order valence-corrected chi connectivity index (χ1v) is 11.4. The van der Waals surface area contributed by atoms with Crippen molar-refractivity contribution in [3.05, 3.63) is 20.8 Å². The van der Waals surface area contributed by atoms with E-state index in [0.717, 1.165) is 48.9 Å². The number of likely N-dealkylation sites (tertiary alicyclic amines) is 1. The number of amides is 1. The molecule has 1 saturated heterocycles. The number of carbonyl (C=O) groups is 1. The summed E-state index contributed by atoms with van der Waals surface area (Å²) in [6, 6.07) is 0.320. The number of carbonyl (C=O) groups excluding carboxylic acids is 1. The molecule has 2 aliphatic rings. The minimum Gasteiger partial charge on any atom is -0.339 e. The lowest BCUT2D eigenvalue weighted by Crippen LogP contribution is -2.43. The monoisotopic (exact) mass is 391 g/mol. The number of thioether (sulfide) groups is 1. The van der Waals surface area contributed by atoms with E-state index in [0.29, 0.717) is 23.5 Å². The highest BCUT2D eigenvalue weighted by Gasteiger charge is 2.25. The maximum absolute atomic E-state index is 13.0. The number of thiophene rings is 1. The molecule has 2 aromatic rings. The molecular weight excluding hydrogens is 366 g/mol. The van der Waals surface area contributed by atoms with Crippen molar-refractivity contribution < 1.29 is 4.79 Å². The lowest BCUT2D eigenvalue weighted by molar-refractivity contribution is -0.131. The van der Waals surface area contributed by atoms with Gasteiger partial charge in [0, 0.05) is 24.0 Å². The number of hydrogen-bond donors (Lipinski definition) is 0. The Morgan fingerprint density at radius 3 is 2.92 bits per heavy atom. The molecule has 1 atom stereocenters. The zero-order valence-corrected chi connectivity index (χ0v) is 17.0. The van der Waals surface area contributed by atoms with Gasteiger partial charge < -0.3 is 4.90 Å². The maximum Gasteiger partial charge on any atom is 0.263 e. The number of aromatic nitrogens is 2. The fourth-order valence-electron chi connectivity index (χ4n) is 4.13. The Labute approximate surface area is 161 Å². The average molecular weight is 392 g/mol. The highest BCUT2D eigenvalue weighted by Crippen LogP contribution is 2.35. The van der Waals surface area contributed by atoms with Crippen LogP contribution in [0.2, 0.25) is 0 Å². The normalized spacial score (nSPS) is 19.9. The summed E-state index contributed by atoms with van der Waals surface area (Å²) in [4.78, 5) is 34.6. The van der Waals surface area contributed by atoms with Crippen LogP contribution in [0, 0.1) is 0 Å². The van der Waals surface area contributed by atoms with Gasteiger partial charge in [0.1, 0.15) is 4.83 Å². The van der Waals surface area contributed by atoms with Gasteiger partial charge in [0.25, 0.3) is 5.56 Å². The number of rotatable bonds is 4. The van der Waals surface area contributed by atoms with Crippen molar-refractivity contribution in [1.29, 1.82) is 0 Å². The Bertz CT molecular complexity index is 902. The summed E-state index contributed by atoms with van der Waals surface area (Å²) in [5, 5.41) is 1.51. The second kappa shape index (κ2) is 7.35. The minimum atomic E-state index is 0.0678. The molecule has 0 saturated carbocycles. The van der Waals surface area contributed by atoms with Crippen molar-refractivity contribution in [2.75, 3.05) is 12.3 Å². The van der Waals surface area contributed by atoms with Crippen molar-refractivity contribution in [3.8, 4) is 0 Å². The number of hydrogen-bond acceptors (Lipinski definition) is 5. The molecule has 0 unspecified atom stereocenters. The van der Waals surface area contributed by atoms with Crippen LogP contribution in [-0.4, -0.2) is 38.7 Å². The van der Waals surface area contributed by atoms with E-state index in [2.05, 4.69) is 6.92 Å². The van der Waals surface area contributed by atoms with Gasteiger partial charge in [0.05, 0.1) is 11.1 Å². The van der Waals surface area contributed by atoms with E-state index in [4.69, 9.17) is 4.98 Å². The molecular formula is C19H25N3O2S2. The van der Waals surface area contributed by atoms with E-state index in [9.17, 15) is 9.59 Å². The Balaban J connectivity index is 1.60. The molecule has 1 aliphatic heterocycles. The molecule has 0 radical (unpaired) electrons. The van der Waals surface area contributed by atoms with E-state index in [1.165, 1.54) is 28.6 Å². The molecule has 0 N–H and O–H groups in total. The molecule has 4 rings (SSSR count). The second-order valence-corrected chi connectivity index (χ2v) is 9.23. The summed E-state index contributed by atoms with van der Waals surface area (Å²) in [6.45, 7) is 5.54. The zero-order chi connectivity index (χ0) is 18.3. The number of nitrogens with zero attached hydrogens (tertiary/aromatic N) is 3. The Hall–Kier alpha value is -1.34. The van der Waals surface area contributed by atoms with E-state index in [-0.39, 0.29) is 11.5 Å². The van der Waals surface area contributed by atoms with Crippen molar-refractivity contribution >= 4 is 39.2 Å². The highest BCUT2D eigenvalue weighted by atomic mass is 32.2. The molecule has 140 valence electrons. The number of piperidine rings is 1. The molecule has 1 amide bonds. The van der Waals surface area contributed by atoms with Gasteiger partial charge in [0.15, 0.2) is 5.16 Å². The maximum atomic E-state index is 13.0. The Kier molecular flexibility index (Phi) is 5.10. The summed E-state index contributed by atoms with van der Waals surface area (Å²) in [6.07, 6.45) is 6.58. The third kappa shape index (κ3) is 3.09. The summed E-state index contributed by atoms with van der Waals surface area (Å²) in [7, 11) is 0. The molecule has 1 fully saturated rings. The van der Waals surface area contributed by atoms with Gasteiger partial charge in [-0.3, -0.25) is 14.2 Å². The largest absolute Gasteiger partial charge is 0.339 e. The van der Waals surface area contributed by atoms with Crippen molar-refractivity contribution in [1.82, 2.24) is 14.5 Å². The van der Waals surface area contributed by atoms with Crippen LogP contribution in [0.25, 0.3) is 10.2 Å². The average Bonchev–Trinajstić information content (AvgIpc) is 3.20. The van der Waals surface area contributed by atoms with Crippen LogP contribution < -0.4 is 5.56 Å². The smallest absolute Gasteiger partial charge is 0.263 e. The number of aryl methyl sites for hydroxylation is 2. The van der Waals surface area contributed by atoms with Crippen LogP contribution >= 0.6 is 23.1 Å². The van der Waals surface area contributed by atoms with Gasteiger partial charge in [-0.25, -0.2) is 4.98 Å². The fraction of sp³-hybridized carbons (Fsp3) is 0.632. The predicted octanol–water partition coefficient (Wildman–Crippen LogP) is 3.46. The van der Waals surface area contributed by atoms with Crippen LogP contribution in [0.3, 0.4) is 0 Å². The standard InChI is InChI=1S/C19H25N3O2S2/c1-3-21-18(24)16-13-8-6-9-14(13)26-17(16)20-19(21)25-11-15(23)22-10-5-4-7-12(22)2/h12H,3-11H2,1-2H3/t12-/m0/s1. The van der Waals surface area contributed by atoms with E-state index < -0.39 is 0 Å². The summed E-state index contributed by atoms with van der Waals surface area (Å²) >= 11 is 3.08. The third-order valence-electron chi connectivity index (χ3n) is 5.55. The molecule has 1 aliphatic carbocycles. The summed E-state index contributed by atoms with van der Waals surface area (Å²) < 4.78 is 1.74. The second-order valence-electron chi connectivity index (χ2n) is 7.20. The molecule has 3 heterocycles. The third-order valence-corrected chi connectivity index (χ3v) is 7.70. The van der Waals surface area contributed by atoms with Crippen LogP contribution in [-0.2, 0) is 24.2 Å². The summed E-state index contributed by atoms with van der Waals surface area (Å²) in [5.41, 5.74) is 1.29. The number of fused-ring (bicyclic) bond motifs is 3. The molecule has 0 spiro atoms. The molecule has 0 aromatic carbocycles. The van der Waals surface area contributed by atoms with E-state index >= 15 is 0 Å². The Morgan fingerprint density at radius 1 is 1.31 bits per heavy atom. The molecule has 5 nitrogen and oxygen atoms in total. The molecule has 2 aromatic heterocycles.